The number of nitrogens with one attached hydrogen (secondary N) is 1. The first-order valence-electron chi connectivity index (χ1n) is 7.80. The summed E-state index contributed by atoms with van der Waals surface area (Å²) >= 11 is 2.16. The second kappa shape index (κ2) is 7.16. The Kier molecular flexibility index (Phi) is 5.84. The molecular formula is C15H30N2S. The number of likely N-dealkylation sites (tertiary alicyclic amines) is 1. The fraction of sp³-hybridized carbons (Fsp3) is 1.00. The molecule has 1 heterocycles. The highest BCUT2D eigenvalue weighted by molar-refractivity contribution is 7.99. The average Bonchev–Trinajstić information content (AvgIpc) is 2.78. The molecule has 0 spiro atoms. The third-order valence-corrected chi connectivity index (χ3v) is 5.75. The number of nitrogens with zero attached hydrogens (tertiary/aromatic N) is 1. The smallest absolute Gasteiger partial charge is 0.00940 e. The molecule has 2 atom stereocenters. The van der Waals surface area contributed by atoms with Gasteiger partial charge in [0.2, 0.25) is 0 Å². The highest BCUT2D eigenvalue weighted by Crippen LogP contribution is 2.30. The Morgan fingerprint density at radius 2 is 1.83 bits per heavy atom. The normalized spacial score (nSPS) is 31.3. The van der Waals surface area contributed by atoms with Crippen LogP contribution in [-0.2, 0) is 0 Å². The molecule has 1 saturated carbocycles. The summed E-state index contributed by atoms with van der Waals surface area (Å²) in [7, 11) is 0. The van der Waals surface area contributed by atoms with Gasteiger partial charge in [0.25, 0.3) is 0 Å². The van der Waals surface area contributed by atoms with Gasteiger partial charge in [0.15, 0.2) is 0 Å². The van der Waals surface area contributed by atoms with Crippen molar-refractivity contribution < 1.29 is 0 Å². The van der Waals surface area contributed by atoms with E-state index in [0.717, 1.165) is 23.4 Å². The number of hydrogen-bond donors (Lipinski definition) is 1. The van der Waals surface area contributed by atoms with Crippen molar-refractivity contribution >= 4 is 11.8 Å². The van der Waals surface area contributed by atoms with Crippen molar-refractivity contribution in [3.63, 3.8) is 0 Å². The third kappa shape index (κ3) is 4.14. The summed E-state index contributed by atoms with van der Waals surface area (Å²) in [6.07, 6.45) is 6.94. The molecule has 2 nitrogen and oxygen atoms in total. The van der Waals surface area contributed by atoms with Crippen molar-refractivity contribution in [2.24, 2.45) is 0 Å². The van der Waals surface area contributed by atoms with Gasteiger partial charge in [0.1, 0.15) is 0 Å². The first-order chi connectivity index (χ1) is 8.69. The van der Waals surface area contributed by atoms with E-state index in [1.165, 1.54) is 50.9 Å². The summed E-state index contributed by atoms with van der Waals surface area (Å²) in [5.41, 5.74) is 0. The minimum atomic E-state index is 0.725. The van der Waals surface area contributed by atoms with E-state index < -0.39 is 0 Å². The van der Waals surface area contributed by atoms with Crippen molar-refractivity contribution in [3.05, 3.63) is 0 Å². The van der Waals surface area contributed by atoms with E-state index in [0.29, 0.717) is 0 Å². The molecule has 0 aromatic heterocycles. The summed E-state index contributed by atoms with van der Waals surface area (Å²) in [6.45, 7) is 9.49. The quantitative estimate of drug-likeness (QED) is 0.826. The van der Waals surface area contributed by atoms with Gasteiger partial charge in [-0.05, 0) is 64.8 Å². The maximum Gasteiger partial charge on any atom is 0.00940 e. The number of rotatable bonds is 5. The molecule has 2 unspecified atom stereocenters. The van der Waals surface area contributed by atoms with Gasteiger partial charge in [-0.15, -0.1) is 0 Å². The minimum absolute atomic E-state index is 0.725. The van der Waals surface area contributed by atoms with E-state index in [2.05, 4.69) is 42.7 Å². The standard InChI is InChI=1S/C15H30N2S/c1-4-18-15-6-5-14(11-15)16-13-7-9-17(10-8-13)12(2)3/h12-16H,4-11H2,1-3H3. The first-order valence-corrected chi connectivity index (χ1v) is 8.85. The molecule has 0 radical (unpaired) electrons. The molecule has 2 aliphatic rings. The van der Waals surface area contributed by atoms with E-state index in [1.807, 2.05) is 0 Å². The van der Waals surface area contributed by atoms with E-state index in [1.54, 1.807) is 0 Å². The van der Waals surface area contributed by atoms with Crippen LogP contribution in [0.5, 0.6) is 0 Å². The lowest BCUT2D eigenvalue weighted by Crippen LogP contribution is -2.47. The molecule has 106 valence electrons. The predicted octanol–water partition coefficient (Wildman–Crippen LogP) is 3.12. The van der Waals surface area contributed by atoms with Crippen LogP contribution in [0.25, 0.3) is 0 Å². The van der Waals surface area contributed by atoms with Gasteiger partial charge in [0.05, 0.1) is 0 Å². The lowest BCUT2D eigenvalue weighted by molar-refractivity contribution is 0.156. The van der Waals surface area contributed by atoms with E-state index in [-0.39, 0.29) is 0 Å². The Labute approximate surface area is 117 Å². The van der Waals surface area contributed by atoms with Crippen LogP contribution in [0.3, 0.4) is 0 Å². The zero-order valence-corrected chi connectivity index (χ0v) is 13.1. The molecule has 1 aliphatic heterocycles. The van der Waals surface area contributed by atoms with Crippen LogP contribution in [0, 0.1) is 0 Å². The number of piperidine rings is 1. The van der Waals surface area contributed by atoms with Crippen LogP contribution in [0.4, 0.5) is 0 Å². The molecule has 2 rings (SSSR count). The summed E-state index contributed by atoms with van der Waals surface area (Å²) in [5.74, 6) is 1.28. The zero-order valence-electron chi connectivity index (χ0n) is 12.3. The largest absolute Gasteiger partial charge is 0.311 e. The monoisotopic (exact) mass is 270 g/mol. The highest BCUT2D eigenvalue weighted by Gasteiger charge is 2.28. The molecule has 0 amide bonds. The van der Waals surface area contributed by atoms with Crippen molar-refractivity contribution in [3.8, 4) is 0 Å². The lowest BCUT2D eigenvalue weighted by Gasteiger charge is -2.36. The Morgan fingerprint density at radius 1 is 1.11 bits per heavy atom. The molecule has 1 saturated heterocycles. The van der Waals surface area contributed by atoms with E-state index in [9.17, 15) is 0 Å². The second-order valence-electron chi connectivity index (χ2n) is 6.16. The van der Waals surface area contributed by atoms with Gasteiger partial charge < -0.3 is 10.2 Å². The van der Waals surface area contributed by atoms with Gasteiger partial charge >= 0.3 is 0 Å². The van der Waals surface area contributed by atoms with Crippen molar-refractivity contribution in [1.82, 2.24) is 10.2 Å². The van der Waals surface area contributed by atoms with Crippen molar-refractivity contribution in [2.45, 2.75) is 76.3 Å². The summed E-state index contributed by atoms with van der Waals surface area (Å²) in [5, 5.41) is 4.86. The van der Waals surface area contributed by atoms with Crippen LogP contribution >= 0.6 is 11.8 Å². The fourth-order valence-electron chi connectivity index (χ4n) is 3.39. The zero-order chi connectivity index (χ0) is 13.0. The molecular weight excluding hydrogens is 240 g/mol. The maximum atomic E-state index is 3.93. The first kappa shape index (κ1) is 14.7. The maximum absolute atomic E-state index is 3.93. The Balaban J connectivity index is 1.66. The molecule has 0 aromatic carbocycles. The van der Waals surface area contributed by atoms with Crippen LogP contribution < -0.4 is 5.32 Å². The van der Waals surface area contributed by atoms with Gasteiger partial charge in [-0.3, -0.25) is 0 Å². The van der Waals surface area contributed by atoms with Crippen molar-refractivity contribution in [2.75, 3.05) is 18.8 Å². The van der Waals surface area contributed by atoms with Crippen LogP contribution in [-0.4, -0.2) is 47.1 Å². The summed E-state index contributed by atoms with van der Waals surface area (Å²) in [6, 6.07) is 2.32. The SMILES string of the molecule is CCSC1CCC(NC2CCN(C(C)C)CC2)C1. The van der Waals surface area contributed by atoms with E-state index >= 15 is 0 Å². The fourth-order valence-corrected chi connectivity index (χ4v) is 4.54. The number of thioether (sulfide) groups is 1. The number of hydrogen-bond acceptors (Lipinski definition) is 3. The Morgan fingerprint density at radius 3 is 2.44 bits per heavy atom. The Hall–Kier alpha value is 0.270. The lowest BCUT2D eigenvalue weighted by atomic mass is 10.0. The topological polar surface area (TPSA) is 15.3 Å². The molecule has 3 heteroatoms. The molecule has 0 bridgehead atoms. The van der Waals surface area contributed by atoms with Gasteiger partial charge in [-0.2, -0.15) is 11.8 Å². The molecule has 1 N–H and O–H groups in total. The van der Waals surface area contributed by atoms with Crippen LogP contribution in [0.1, 0.15) is 52.9 Å². The predicted molar refractivity (Wildman–Crippen MR) is 82.4 cm³/mol. The summed E-state index contributed by atoms with van der Waals surface area (Å²) in [4.78, 5) is 2.61. The highest BCUT2D eigenvalue weighted by atomic mass is 32.2. The van der Waals surface area contributed by atoms with E-state index in [4.69, 9.17) is 0 Å². The van der Waals surface area contributed by atoms with Gasteiger partial charge in [-0.25, -0.2) is 0 Å². The average molecular weight is 270 g/mol. The molecule has 2 fully saturated rings. The summed E-state index contributed by atoms with van der Waals surface area (Å²) < 4.78 is 0. The molecule has 1 aliphatic carbocycles. The van der Waals surface area contributed by atoms with Crippen LogP contribution in [0.15, 0.2) is 0 Å². The van der Waals surface area contributed by atoms with Crippen LogP contribution in [0.2, 0.25) is 0 Å². The van der Waals surface area contributed by atoms with Gasteiger partial charge in [-0.1, -0.05) is 6.92 Å². The van der Waals surface area contributed by atoms with Gasteiger partial charge in [0, 0.05) is 23.4 Å². The van der Waals surface area contributed by atoms with Crippen molar-refractivity contribution in [1.29, 1.82) is 0 Å². The molecule has 0 aromatic rings. The molecule has 18 heavy (non-hydrogen) atoms. The third-order valence-electron chi connectivity index (χ3n) is 4.52. The second-order valence-corrected chi connectivity index (χ2v) is 7.74. The minimum Gasteiger partial charge on any atom is -0.311 e. The Bertz CT molecular complexity index is 237.